The van der Waals surface area contributed by atoms with E-state index in [0.29, 0.717) is 23.8 Å². The predicted octanol–water partition coefficient (Wildman–Crippen LogP) is 1.56. The third-order valence-electron chi connectivity index (χ3n) is 4.87. The van der Waals surface area contributed by atoms with E-state index in [1.165, 1.54) is 12.8 Å². The van der Waals surface area contributed by atoms with E-state index in [0.717, 1.165) is 38.5 Å². The summed E-state index contributed by atoms with van der Waals surface area (Å²) in [5, 5.41) is 12.4. The Hall–Kier alpha value is -2.13. The number of hydrogen-bond donors (Lipinski definition) is 1. The molecule has 3 rings (SSSR count). The molecule has 2 heterocycles. The lowest BCUT2D eigenvalue weighted by atomic mass is 10.1. The van der Waals surface area contributed by atoms with Crippen LogP contribution in [0.3, 0.4) is 0 Å². The van der Waals surface area contributed by atoms with Crippen LogP contribution in [0.5, 0.6) is 0 Å². The molecule has 0 radical (unpaired) electrons. The van der Waals surface area contributed by atoms with Gasteiger partial charge in [-0.3, -0.25) is 9.69 Å². The number of nitriles is 1. The quantitative estimate of drug-likeness (QED) is 0.823. The average molecular weight is 327 g/mol. The minimum Gasteiger partial charge on any atom is -0.369 e. The van der Waals surface area contributed by atoms with Crippen LogP contribution in [0.25, 0.3) is 0 Å². The molecule has 0 spiro atoms. The molecule has 1 aliphatic carbocycles. The fraction of sp³-hybridized carbons (Fsp3) is 0.611. The maximum Gasteiger partial charge on any atom is 0.236 e. The molecule has 2 fully saturated rings. The highest BCUT2D eigenvalue weighted by Crippen LogP contribution is 2.29. The van der Waals surface area contributed by atoms with E-state index in [9.17, 15) is 4.79 Å². The molecule has 128 valence electrons. The van der Waals surface area contributed by atoms with E-state index in [-0.39, 0.29) is 5.91 Å². The molecule has 1 saturated carbocycles. The maximum atomic E-state index is 12.3. The van der Waals surface area contributed by atoms with Crippen molar-refractivity contribution in [1.82, 2.24) is 14.8 Å². The van der Waals surface area contributed by atoms with Crippen LogP contribution in [0.4, 0.5) is 5.82 Å². The first kappa shape index (κ1) is 16.7. The molecule has 1 unspecified atom stereocenters. The number of carbonyl (C=O) groups excluding carboxylic acids is 1. The number of nitrogens with zero attached hydrogens (tertiary/aromatic N) is 4. The summed E-state index contributed by atoms with van der Waals surface area (Å²) >= 11 is 0. The van der Waals surface area contributed by atoms with Crippen molar-refractivity contribution in [3.05, 3.63) is 23.9 Å². The van der Waals surface area contributed by atoms with Crippen LogP contribution in [0.2, 0.25) is 0 Å². The predicted molar refractivity (Wildman–Crippen MR) is 92.3 cm³/mol. The van der Waals surface area contributed by atoms with Gasteiger partial charge in [0.25, 0.3) is 0 Å². The Morgan fingerprint density at radius 1 is 1.46 bits per heavy atom. The Morgan fingerprint density at radius 2 is 2.29 bits per heavy atom. The highest BCUT2D eigenvalue weighted by molar-refractivity contribution is 5.78. The lowest BCUT2D eigenvalue weighted by Gasteiger charge is -2.21. The maximum absolute atomic E-state index is 12.3. The summed E-state index contributed by atoms with van der Waals surface area (Å²) in [6.07, 6.45) is 5.31. The van der Waals surface area contributed by atoms with Crippen molar-refractivity contribution < 1.29 is 4.79 Å². The number of likely N-dealkylation sites (N-methyl/N-ethyl adjacent to an activating group) is 1. The number of nitrogens with one attached hydrogen (secondary N) is 1. The van der Waals surface area contributed by atoms with Crippen molar-refractivity contribution in [1.29, 1.82) is 5.26 Å². The Bertz CT molecular complexity index is 622. The molecule has 1 N–H and O–H groups in total. The number of anilines is 1. The number of rotatable bonds is 7. The first-order valence-corrected chi connectivity index (χ1v) is 8.71. The van der Waals surface area contributed by atoms with E-state index in [4.69, 9.17) is 5.26 Å². The van der Waals surface area contributed by atoms with Gasteiger partial charge in [-0.25, -0.2) is 4.98 Å². The average Bonchev–Trinajstić information content (AvgIpc) is 3.30. The topological polar surface area (TPSA) is 72.3 Å². The standard InChI is InChI=1S/C18H25N5O/c1-22(11-14-4-5-14)17(24)13-23-8-6-15(12-23)10-21-18-16(9-19)3-2-7-20-18/h2-3,7,14-15H,4-6,8,10-13H2,1H3,(H,20,21). The van der Waals surface area contributed by atoms with Gasteiger partial charge in [0.15, 0.2) is 0 Å². The molecule has 6 nitrogen and oxygen atoms in total. The summed E-state index contributed by atoms with van der Waals surface area (Å²) < 4.78 is 0. The molecule has 1 aromatic heterocycles. The molecule has 1 atom stereocenters. The Kier molecular flexibility index (Phi) is 5.31. The number of carbonyl (C=O) groups is 1. The fourth-order valence-electron chi connectivity index (χ4n) is 3.20. The van der Waals surface area contributed by atoms with Gasteiger partial charge in [-0.15, -0.1) is 0 Å². The second-order valence-corrected chi connectivity index (χ2v) is 7.00. The van der Waals surface area contributed by atoms with Crippen molar-refractivity contribution in [2.45, 2.75) is 19.3 Å². The van der Waals surface area contributed by atoms with E-state index < -0.39 is 0 Å². The molecule has 0 aromatic carbocycles. The lowest BCUT2D eigenvalue weighted by molar-refractivity contribution is -0.131. The van der Waals surface area contributed by atoms with E-state index in [2.05, 4.69) is 21.3 Å². The third-order valence-corrected chi connectivity index (χ3v) is 4.87. The summed E-state index contributed by atoms with van der Waals surface area (Å²) in [6.45, 7) is 4.10. The van der Waals surface area contributed by atoms with Crippen molar-refractivity contribution in [3.8, 4) is 6.07 Å². The SMILES string of the molecule is CN(CC1CC1)C(=O)CN1CCC(CNc2ncccc2C#N)C1. The third kappa shape index (κ3) is 4.45. The second kappa shape index (κ2) is 7.63. The molecule has 6 heteroatoms. The smallest absolute Gasteiger partial charge is 0.236 e. The molecule has 1 saturated heterocycles. The lowest BCUT2D eigenvalue weighted by Crippen LogP contribution is -2.38. The fourth-order valence-corrected chi connectivity index (χ4v) is 3.20. The first-order valence-electron chi connectivity index (χ1n) is 8.71. The van der Waals surface area contributed by atoms with Crippen LogP contribution < -0.4 is 5.32 Å². The summed E-state index contributed by atoms with van der Waals surface area (Å²) in [5.41, 5.74) is 0.573. The number of likely N-dealkylation sites (tertiary alicyclic amines) is 1. The highest BCUT2D eigenvalue weighted by atomic mass is 16.2. The van der Waals surface area contributed by atoms with Gasteiger partial charge in [-0.2, -0.15) is 5.26 Å². The van der Waals surface area contributed by atoms with E-state index >= 15 is 0 Å². The molecular formula is C18H25N5O. The van der Waals surface area contributed by atoms with Gasteiger partial charge in [-0.1, -0.05) is 0 Å². The number of amides is 1. The monoisotopic (exact) mass is 327 g/mol. The molecular weight excluding hydrogens is 302 g/mol. The van der Waals surface area contributed by atoms with Crippen LogP contribution >= 0.6 is 0 Å². The summed E-state index contributed by atoms with van der Waals surface area (Å²) in [6, 6.07) is 5.69. The summed E-state index contributed by atoms with van der Waals surface area (Å²) in [5.74, 6) is 2.10. The van der Waals surface area contributed by atoms with Gasteiger partial charge in [0, 0.05) is 32.9 Å². The van der Waals surface area contributed by atoms with Crippen molar-refractivity contribution in [2.75, 3.05) is 45.1 Å². The van der Waals surface area contributed by atoms with Gasteiger partial charge in [-0.05, 0) is 49.8 Å². The van der Waals surface area contributed by atoms with Gasteiger partial charge in [0.2, 0.25) is 5.91 Å². The second-order valence-electron chi connectivity index (χ2n) is 7.00. The zero-order chi connectivity index (χ0) is 16.9. The molecule has 0 bridgehead atoms. The van der Waals surface area contributed by atoms with E-state index in [1.54, 1.807) is 18.3 Å². The summed E-state index contributed by atoms with van der Waals surface area (Å²) in [7, 11) is 1.92. The number of pyridine rings is 1. The number of hydrogen-bond acceptors (Lipinski definition) is 5. The van der Waals surface area contributed by atoms with Gasteiger partial charge in [0.1, 0.15) is 11.9 Å². The Morgan fingerprint density at radius 3 is 3.04 bits per heavy atom. The number of aromatic nitrogens is 1. The molecule has 24 heavy (non-hydrogen) atoms. The van der Waals surface area contributed by atoms with Crippen LogP contribution in [-0.2, 0) is 4.79 Å². The normalized spacial score (nSPS) is 20.6. The molecule has 1 amide bonds. The Labute approximate surface area is 143 Å². The zero-order valence-electron chi connectivity index (χ0n) is 14.2. The van der Waals surface area contributed by atoms with Gasteiger partial charge in [0.05, 0.1) is 12.1 Å². The molecule has 1 aromatic rings. The van der Waals surface area contributed by atoms with E-state index in [1.807, 2.05) is 11.9 Å². The Balaban J connectivity index is 1.42. The highest BCUT2D eigenvalue weighted by Gasteiger charge is 2.28. The van der Waals surface area contributed by atoms with Crippen LogP contribution in [0, 0.1) is 23.2 Å². The van der Waals surface area contributed by atoms with Crippen LogP contribution in [-0.4, -0.2) is 60.5 Å². The van der Waals surface area contributed by atoms with Crippen molar-refractivity contribution >= 4 is 11.7 Å². The summed E-state index contributed by atoms with van der Waals surface area (Å²) in [4.78, 5) is 20.6. The zero-order valence-corrected chi connectivity index (χ0v) is 14.2. The van der Waals surface area contributed by atoms with Crippen molar-refractivity contribution in [2.24, 2.45) is 11.8 Å². The van der Waals surface area contributed by atoms with Crippen molar-refractivity contribution in [3.63, 3.8) is 0 Å². The minimum absolute atomic E-state index is 0.229. The van der Waals surface area contributed by atoms with Crippen LogP contribution in [0.1, 0.15) is 24.8 Å². The van der Waals surface area contributed by atoms with Gasteiger partial charge >= 0.3 is 0 Å². The van der Waals surface area contributed by atoms with Gasteiger partial charge < -0.3 is 10.2 Å². The first-order chi connectivity index (χ1) is 11.7. The van der Waals surface area contributed by atoms with Crippen LogP contribution in [0.15, 0.2) is 18.3 Å². The largest absolute Gasteiger partial charge is 0.369 e. The minimum atomic E-state index is 0.229. The molecule has 2 aliphatic rings. The molecule has 1 aliphatic heterocycles.